The first-order valence-electron chi connectivity index (χ1n) is 5.41. The van der Waals surface area contributed by atoms with Crippen LogP contribution in [0, 0.1) is 0 Å². The normalized spacial score (nSPS) is 20.4. The van der Waals surface area contributed by atoms with E-state index in [4.69, 9.17) is 0 Å². The van der Waals surface area contributed by atoms with E-state index in [-0.39, 0.29) is 0 Å². The zero-order chi connectivity index (χ0) is 10.5. The number of hydrogen-bond acceptors (Lipinski definition) is 1. The van der Waals surface area contributed by atoms with E-state index in [0.717, 1.165) is 11.1 Å². The van der Waals surface area contributed by atoms with Gasteiger partial charge in [0.25, 0.3) is 0 Å². The first-order chi connectivity index (χ1) is 6.08. The first kappa shape index (κ1) is 12.9. The molecule has 0 spiro atoms. The molecule has 0 fully saturated rings. The van der Waals surface area contributed by atoms with Crippen molar-refractivity contribution < 1.29 is 0 Å². The first-order valence-corrected chi connectivity index (χ1v) is 7.64. The summed E-state index contributed by atoms with van der Waals surface area (Å²) in [5.41, 5.74) is 3.80. The van der Waals surface area contributed by atoms with Gasteiger partial charge in [0.05, 0.1) is 0 Å². The van der Waals surface area contributed by atoms with E-state index in [2.05, 4.69) is 52.0 Å². The molecule has 2 atom stereocenters. The van der Waals surface area contributed by atoms with Gasteiger partial charge in [0.2, 0.25) is 0 Å². The van der Waals surface area contributed by atoms with E-state index in [1.807, 2.05) is 0 Å². The largest absolute Gasteiger partial charge is 0.336 e. The van der Waals surface area contributed by atoms with E-state index >= 15 is 0 Å². The SMILES string of the molecule is C=C[Si](NC)(C(C)CC)C(C)CC. The highest BCUT2D eigenvalue weighted by Crippen LogP contribution is 2.34. The Morgan fingerprint density at radius 3 is 1.77 bits per heavy atom. The highest BCUT2D eigenvalue weighted by atomic mass is 28.3. The summed E-state index contributed by atoms with van der Waals surface area (Å²) in [7, 11) is 0.667. The van der Waals surface area contributed by atoms with Crippen LogP contribution in [-0.2, 0) is 0 Å². The summed E-state index contributed by atoms with van der Waals surface area (Å²) in [5.74, 6) is 0. The average molecular weight is 199 g/mol. The molecule has 0 rings (SSSR count). The topological polar surface area (TPSA) is 12.0 Å². The van der Waals surface area contributed by atoms with Crippen LogP contribution in [0.4, 0.5) is 0 Å². The molecule has 0 aromatic carbocycles. The maximum Gasteiger partial charge on any atom is 0.155 e. The van der Waals surface area contributed by atoms with Gasteiger partial charge < -0.3 is 4.98 Å². The molecule has 0 heterocycles. The molecule has 0 aromatic heterocycles. The van der Waals surface area contributed by atoms with Gasteiger partial charge in [-0.3, -0.25) is 0 Å². The van der Waals surface area contributed by atoms with Gasteiger partial charge in [0, 0.05) is 0 Å². The number of nitrogens with one attached hydrogen (secondary N) is 1. The van der Waals surface area contributed by atoms with Gasteiger partial charge in [0.1, 0.15) is 0 Å². The van der Waals surface area contributed by atoms with Crippen LogP contribution in [0.25, 0.3) is 0 Å². The molecule has 0 saturated carbocycles. The lowest BCUT2D eigenvalue weighted by Crippen LogP contribution is -2.53. The third-order valence-corrected chi connectivity index (χ3v) is 9.25. The Balaban J connectivity index is 4.78. The van der Waals surface area contributed by atoms with Crippen molar-refractivity contribution in [3.05, 3.63) is 12.3 Å². The van der Waals surface area contributed by atoms with Gasteiger partial charge in [-0.05, 0) is 18.1 Å². The second-order valence-corrected chi connectivity index (χ2v) is 8.75. The van der Waals surface area contributed by atoms with Crippen LogP contribution in [0.15, 0.2) is 12.3 Å². The summed E-state index contributed by atoms with van der Waals surface area (Å²) in [6, 6.07) is 0. The lowest BCUT2D eigenvalue weighted by Gasteiger charge is -2.38. The van der Waals surface area contributed by atoms with Gasteiger partial charge >= 0.3 is 0 Å². The molecule has 0 saturated heterocycles. The van der Waals surface area contributed by atoms with Crippen LogP contribution < -0.4 is 4.98 Å². The third kappa shape index (κ3) is 2.44. The molecule has 0 bridgehead atoms. The van der Waals surface area contributed by atoms with Gasteiger partial charge in [-0.25, -0.2) is 0 Å². The Hall–Kier alpha value is -0.0831. The standard InChI is InChI=1S/C11H25NSi/c1-7-10(4)13(9-3,12-6)11(5)8-2/h9-12H,3,7-8H2,1-2,4-6H3. The van der Waals surface area contributed by atoms with Crippen molar-refractivity contribution in [2.75, 3.05) is 7.05 Å². The molecule has 1 nitrogen and oxygen atoms in total. The quantitative estimate of drug-likeness (QED) is 0.646. The minimum atomic E-state index is -1.44. The highest BCUT2D eigenvalue weighted by molar-refractivity contribution is 6.84. The summed E-state index contributed by atoms with van der Waals surface area (Å²) in [6.45, 7) is 13.3. The molecule has 0 aromatic rings. The second kappa shape index (κ2) is 5.61. The molecule has 1 N–H and O–H groups in total. The van der Waals surface area contributed by atoms with E-state index in [1.54, 1.807) is 0 Å². The minimum Gasteiger partial charge on any atom is -0.336 e. The molecule has 0 aliphatic heterocycles. The van der Waals surface area contributed by atoms with Crippen LogP contribution in [0.2, 0.25) is 11.1 Å². The van der Waals surface area contributed by atoms with Crippen LogP contribution in [0.5, 0.6) is 0 Å². The Morgan fingerprint density at radius 1 is 1.23 bits per heavy atom. The molecule has 13 heavy (non-hydrogen) atoms. The Labute approximate surface area is 84.7 Å². The molecule has 0 amide bonds. The molecular formula is C11H25NSi. The monoisotopic (exact) mass is 199 g/mol. The van der Waals surface area contributed by atoms with Crippen molar-refractivity contribution in [3.63, 3.8) is 0 Å². The van der Waals surface area contributed by atoms with Gasteiger partial charge in [0.15, 0.2) is 8.24 Å². The van der Waals surface area contributed by atoms with Crippen LogP contribution >= 0.6 is 0 Å². The molecule has 2 heteroatoms. The van der Waals surface area contributed by atoms with Crippen molar-refractivity contribution in [1.82, 2.24) is 4.98 Å². The van der Waals surface area contributed by atoms with Crippen LogP contribution in [0.3, 0.4) is 0 Å². The maximum absolute atomic E-state index is 4.04. The van der Waals surface area contributed by atoms with E-state index < -0.39 is 8.24 Å². The predicted molar refractivity (Wildman–Crippen MR) is 64.4 cm³/mol. The zero-order valence-corrected chi connectivity index (χ0v) is 10.9. The fourth-order valence-corrected chi connectivity index (χ4v) is 6.48. The van der Waals surface area contributed by atoms with Crippen molar-refractivity contribution in [3.8, 4) is 0 Å². The van der Waals surface area contributed by atoms with Gasteiger partial charge in [-0.2, -0.15) is 0 Å². The Morgan fingerprint density at radius 2 is 1.62 bits per heavy atom. The fourth-order valence-electron chi connectivity index (χ4n) is 2.16. The summed E-state index contributed by atoms with van der Waals surface area (Å²) in [6.07, 6.45) is 2.51. The van der Waals surface area contributed by atoms with Crippen LogP contribution in [-0.4, -0.2) is 15.3 Å². The second-order valence-electron chi connectivity index (χ2n) is 4.01. The fraction of sp³-hybridized carbons (Fsp3) is 0.818. The highest BCUT2D eigenvalue weighted by Gasteiger charge is 2.38. The lowest BCUT2D eigenvalue weighted by atomic mass is 10.3. The van der Waals surface area contributed by atoms with Crippen molar-refractivity contribution in [2.45, 2.75) is 51.6 Å². The average Bonchev–Trinajstić information content (AvgIpc) is 2.19. The lowest BCUT2D eigenvalue weighted by molar-refractivity contribution is 0.736. The molecule has 0 radical (unpaired) electrons. The van der Waals surface area contributed by atoms with E-state index in [0.29, 0.717) is 0 Å². The van der Waals surface area contributed by atoms with Gasteiger partial charge in [-0.1, -0.05) is 46.2 Å². The molecular weight excluding hydrogens is 174 g/mol. The summed E-state index contributed by atoms with van der Waals surface area (Å²) >= 11 is 0. The summed E-state index contributed by atoms with van der Waals surface area (Å²) < 4.78 is 0. The van der Waals surface area contributed by atoms with Gasteiger partial charge in [-0.15, -0.1) is 6.58 Å². The Kier molecular flexibility index (Phi) is 5.57. The molecule has 0 aliphatic carbocycles. The number of hydrogen-bond donors (Lipinski definition) is 1. The molecule has 78 valence electrons. The van der Waals surface area contributed by atoms with Crippen LogP contribution in [0.1, 0.15) is 40.5 Å². The molecule has 0 aliphatic rings. The van der Waals surface area contributed by atoms with Crippen molar-refractivity contribution in [2.24, 2.45) is 0 Å². The van der Waals surface area contributed by atoms with Crippen molar-refractivity contribution in [1.29, 1.82) is 0 Å². The summed E-state index contributed by atoms with van der Waals surface area (Å²) in [5, 5.41) is 0. The van der Waals surface area contributed by atoms with Crippen molar-refractivity contribution >= 4 is 8.24 Å². The smallest absolute Gasteiger partial charge is 0.155 e. The predicted octanol–water partition coefficient (Wildman–Crippen LogP) is 3.48. The molecule has 2 unspecified atom stereocenters. The Bertz CT molecular complexity index is 146. The third-order valence-electron chi connectivity index (χ3n) is 3.63. The maximum atomic E-state index is 4.04. The van der Waals surface area contributed by atoms with E-state index in [1.165, 1.54) is 12.8 Å². The minimum absolute atomic E-state index is 0.782. The number of rotatable bonds is 6. The van der Waals surface area contributed by atoms with E-state index in [9.17, 15) is 0 Å². The summed E-state index contributed by atoms with van der Waals surface area (Å²) in [4.78, 5) is 3.59. The zero-order valence-electron chi connectivity index (χ0n) is 9.85.